The number of nitrogens with one attached hydrogen (secondary N) is 2. The average molecular weight is 291 g/mol. The van der Waals surface area contributed by atoms with Crippen molar-refractivity contribution < 1.29 is 8.42 Å². The predicted octanol–water partition coefficient (Wildman–Crippen LogP) is 0.917. The Morgan fingerprint density at radius 3 is 3.00 bits per heavy atom. The summed E-state index contributed by atoms with van der Waals surface area (Å²) >= 11 is 0. The van der Waals surface area contributed by atoms with Gasteiger partial charge in [0.25, 0.3) is 0 Å². The summed E-state index contributed by atoms with van der Waals surface area (Å²) in [7, 11) is -3.41. The Hall–Kier alpha value is -1.50. The van der Waals surface area contributed by atoms with Crippen molar-refractivity contribution in [2.45, 2.75) is 16.7 Å². The Morgan fingerprint density at radius 2 is 2.10 bits per heavy atom. The highest BCUT2D eigenvalue weighted by molar-refractivity contribution is 7.92. The van der Waals surface area contributed by atoms with Crippen LogP contribution in [0.1, 0.15) is 6.42 Å². The van der Waals surface area contributed by atoms with E-state index in [-0.39, 0.29) is 0 Å². The van der Waals surface area contributed by atoms with Crippen LogP contribution in [0, 0.1) is 0 Å². The zero-order valence-corrected chi connectivity index (χ0v) is 11.9. The van der Waals surface area contributed by atoms with Gasteiger partial charge < -0.3 is 5.32 Å². The van der Waals surface area contributed by atoms with E-state index in [2.05, 4.69) is 15.6 Å². The van der Waals surface area contributed by atoms with Gasteiger partial charge in [0.15, 0.2) is 9.84 Å². The van der Waals surface area contributed by atoms with Crippen LogP contribution < -0.4 is 10.6 Å². The average Bonchev–Trinajstić information content (AvgIpc) is 2.76. The summed E-state index contributed by atoms with van der Waals surface area (Å²) in [5, 5.41) is 7.28. The smallest absolute Gasteiger partial charge is 0.196 e. The molecule has 3 rings (SSSR count). The van der Waals surface area contributed by atoms with Crippen LogP contribution >= 0.6 is 0 Å². The number of sulfone groups is 1. The number of nitrogens with zero attached hydrogens (tertiary/aromatic N) is 1. The van der Waals surface area contributed by atoms with E-state index in [0.29, 0.717) is 18.0 Å². The third-order valence-corrected chi connectivity index (χ3v) is 5.61. The van der Waals surface area contributed by atoms with Gasteiger partial charge >= 0.3 is 0 Å². The molecular weight excluding hydrogens is 274 g/mol. The third kappa shape index (κ3) is 2.42. The summed E-state index contributed by atoms with van der Waals surface area (Å²) in [5.41, 5.74) is 0. The number of fused-ring (bicyclic) bond motifs is 1. The summed E-state index contributed by atoms with van der Waals surface area (Å²) in [5.74, 6) is 0. The molecule has 1 aliphatic rings. The fourth-order valence-corrected chi connectivity index (χ4v) is 4.24. The summed E-state index contributed by atoms with van der Waals surface area (Å²) in [6, 6.07) is 7.07. The van der Waals surface area contributed by atoms with Crippen molar-refractivity contribution >= 4 is 20.6 Å². The van der Waals surface area contributed by atoms with Crippen LogP contribution in [0.25, 0.3) is 10.8 Å². The Kier molecular flexibility index (Phi) is 3.69. The van der Waals surface area contributed by atoms with Crippen LogP contribution in [0.15, 0.2) is 41.6 Å². The Morgan fingerprint density at radius 1 is 1.20 bits per heavy atom. The molecule has 1 saturated heterocycles. The number of hydrogen-bond acceptors (Lipinski definition) is 5. The number of hydrogen-bond donors (Lipinski definition) is 2. The van der Waals surface area contributed by atoms with E-state index in [1.54, 1.807) is 30.6 Å². The molecule has 1 aliphatic heterocycles. The van der Waals surface area contributed by atoms with Crippen molar-refractivity contribution in [1.29, 1.82) is 0 Å². The van der Waals surface area contributed by atoms with Gasteiger partial charge in [-0.15, -0.1) is 0 Å². The first kappa shape index (κ1) is 13.5. The van der Waals surface area contributed by atoms with Gasteiger partial charge in [-0.3, -0.25) is 10.3 Å². The lowest BCUT2D eigenvalue weighted by Crippen LogP contribution is -2.42. The zero-order valence-electron chi connectivity index (χ0n) is 11.0. The fourth-order valence-electron chi connectivity index (χ4n) is 2.50. The minimum absolute atomic E-state index is 0.374. The molecule has 0 saturated carbocycles. The zero-order chi connectivity index (χ0) is 14.0. The van der Waals surface area contributed by atoms with Gasteiger partial charge in [-0.25, -0.2) is 8.42 Å². The maximum Gasteiger partial charge on any atom is 0.196 e. The third-order valence-electron chi connectivity index (χ3n) is 3.55. The van der Waals surface area contributed by atoms with Crippen LogP contribution in [0.4, 0.5) is 0 Å². The highest BCUT2D eigenvalue weighted by Gasteiger charge is 2.29. The maximum atomic E-state index is 12.8. The van der Waals surface area contributed by atoms with Crippen molar-refractivity contribution in [3.63, 3.8) is 0 Å². The van der Waals surface area contributed by atoms with Gasteiger partial charge in [-0.1, -0.05) is 12.1 Å². The van der Waals surface area contributed by atoms with E-state index < -0.39 is 15.2 Å². The molecule has 1 aromatic carbocycles. The topological polar surface area (TPSA) is 71.1 Å². The summed E-state index contributed by atoms with van der Waals surface area (Å²) in [4.78, 5) is 4.41. The molecule has 20 heavy (non-hydrogen) atoms. The lowest BCUT2D eigenvalue weighted by molar-refractivity contribution is 0.553. The molecule has 2 heterocycles. The van der Waals surface area contributed by atoms with Crippen molar-refractivity contribution in [1.82, 2.24) is 15.6 Å². The van der Waals surface area contributed by atoms with Gasteiger partial charge in [-0.05, 0) is 31.6 Å². The highest BCUT2D eigenvalue weighted by Crippen LogP contribution is 2.25. The SMILES string of the molecule is O=S(=O)(c1cccc2cnccc12)C1CNCCCN1. The molecule has 2 N–H and O–H groups in total. The van der Waals surface area contributed by atoms with E-state index in [4.69, 9.17) is 0 Å². The second-order valence-electron chi connectivity index (χ2n) is 4.90. The number of aromatic nitrogens is 1. The molecule has 106 valence electrons. The molecule has 6 heteroatoms. The molecule has 0 aliphatic carbocycles. The lowest BCUT2D eigenvalue weighted by atomic mass is 10.2. The summed E-state index contributed by atoms with van der Waals surface area (Å²) in [6.45, 7) is 1.99. The minimum Gasteiger partial charge on any atom is -0.314 e. The second kappa shape index (κ2) is 5.47. The quantitative estimate of drug-likeness (QED) is 0.861. The Bertz CT molecular complexity index is 702. The van der Waals surface area contributed by atoms with Crippen LogP contribution in [0.3, 0.4) is 0 Å². The van der Waals surface area contributed by atoms with Crippen LogP contribution in [-0.4, -0.2) is 38.4 Å². The largest absolute Gasteiger partial charge is 0.314 e. The van der Waals surface area contributed by atoms with E-state index in [1.807, 2.05) is 6.07 Å². The number of pyridine rings is 1. The second-order valence-corrected chi connectivity index (χ2v) is 7.00. The number of benzene rings is 1. The molecule has 1 aromatic heterocycles. The minimum atomic E-state index is -3.41. The molecule has 0 bridgehead atoms. The first-order valence-corrected chi connectivity index (χ1v) is 8.25. The monoisotopic (exact) mass is 291 g/mol. The normalized spacial score (nSPS) is 20.7. The van der Waals surface area contributed by atoms with E-state index in [1.165, 1.54) is 0 Å². The summed E-state index contributed by atoms with van der Waals surface area (Å²) < 4.78 is 25.7. The standard InChI is InChI=1S/C14H17N3O2S/c18-20(19,14-10-15-6-2-7-17-14)13-4-1-3-11-9-16-8-5-12(11)13/h1,3-5,8-9,14-15,17H,2,6-7,10H2. The molecule has 1 fully saturated rings. The van der Waals surface area contributed by atoms with Gasteiger partial charge in [0.05, 0.1) is 4.90 Å². The highest BCUT2D eigenvalue weighted by atomic mass is 32.2. The molecule has 1 unspecified atom stereocenters. The van der Waals surface area contributed by atoms with Crippen molar-refractivity contribution in [2.24, 2.45) is 0 Å². The van der Waals surface area contributed by atoms with E-state index >= 15 is 0 Å². The van der Waals surface area contributed by atoms with Gasteiger partial charge in [0, 0.05) is 29.7 Å². The predicted molar refractivity (Wildman–Crippen MR) is 78.2 cm³/mol. The van der Waals surface area contributed by atoms with Gasteiger partial charge in [-0.2, -0.15) is 0 Å². The van der Waals surface area contributed by atoms with Crippen molar-refractivity contribution in [3.05, 3.63) is 36.7 Å². The van der Waals surface area contributed by atoms with Crippen molar-refractivity contribution in [2.75, 3.05) is 19.6 Å². The Labute approximate surface area is 118 Å². The Balaban J connectivity index is 2.09. The van der Waals surface area contributed by atoms with Crippen LogP contribution in [-0.2, 0) is 9.84 Å². The molecule has 5 nitrogen and oxygen atoms in total. The van der Waals surface area contributed by atoms with Gasteiger partial charge in [0.2, 0.25) is 0 Å². The first-order valence-electron chi connectivity index (χ1n) is 6.70. The molecule has 0 spiro atoms. The maximum absolute atomic E-state index is 12.8. The van der Waals surface area contributed by atoms with Crippen molar-refractivity contribution in [3.8, 4) is 0 Å². The molecule has 2 aromatic rings. The first-order chi connectivity index (χ1) is 9.69. The summed E-state index contributed by atoms with van der Waals surface area (Å²) in [6.07, 6.45) is 4.25. The molecule has 0 amide bonds. The van der Waals surface area contributed by atoms with E-state index in [0.717, 1.165) is 23.7 Å². The fraction of sp³-hybridized carbons (Fsp3) is 0.357. The van der Waals surface area contributed by atoms with Gasteiger partial charge in [0.1, 0.15) is 5.37 Å². The molecular formula is C14H17N3O2S. The molecule has 1 atom stereocenters. The number of rotatable bonds is 2. The van der Waals surface area contributed by atoms with E-state index in [9.17, 15) is 8.42 Å². The lowest BCUT2D eigenvalue weighted by Gasteiger charge is -2.17. The van der Waals surface area contributed by atoms with Crippen LogP contribution in [0.2, 0.25) is 0 Å². The molecule has 0 radical (unpaired) electrons. The van der Waals surface area contributed by atoms with Crippen LogP contribution in [0.5, 0.6) is 0 Å².